The molecule has 1 aliphatic heterocycles. The van der Waals surface area contributed by atoms with E-state index in [1.807, 2.05) is 9.80 Å². The first-order valence-electron chi connectivity index (χ1n) is 6.41. The predicted molar refractivity (Wildman–Crippen MR) is 70.4 cm³/mol. The van der Waals surface area contributed by atoms with Crippen molar-refractivity contribution in [3.05, 3.63) is 29.3 Å². The topological polar surface area (TPSA) is 54.1 Å². The lowest BCUT2D eigenvalue weighted by molar-refractivity contribution is -0.137. The van der Waals surface area contributed by atoms with Gasteiger partial charge in [-0.15, -0.1) is 0 Å². The number of hydrogen-bond donors (Lipinski definition) is 0. The van der Waals surface area contributed by atoms with Gasteiger partial charge in [0.2, 0.25) is 0 Å². The Labute approximate surface area is 120 Å². The van der Waals surface area contributed by atoms with Gasteiger partial charge in [-0.25, -0.2) is 0 Å². The molecule has 0 radical (unpaired) electrons. The summed E-state index contributed by atoms with van der Waals surface area (Å²) < 4.78 is 38.2. The fourth-order valence-electron chi connectivity index (χ4n) is 2.33. The number of piperazine rings is 1. The SMILES string of the molecule is N#CCN1CCN(c2ccc(C(F)(F)F)c(C#N)c2)CC1. The van der Waals surface area contributed by atoms with Gasteiger partial charge in [-0.2, -0.15) is 23.7 Å². The number of nitriles is 2. The highest BCUT2D eigenvalue weighted by Crippen LogP contribution is 2.33. The predicted octanol–water partition coefficient (Wildman–Crippen LogP) is 2.22. The van der Waals surface area contributed by atoms with E-state index in [-0.39, 0.29) is 5.56 Å². The van der Waals surface area contributed by atoms with E-state index in [9.17, 15) is 13.2 Å². The van der Waals surface area contributed by atoms with Crippen LogP contribution in [-0.4, -0.2) is 37.6 Å². The Kier molecular flexibility index (Phi) is 4.35. The maximum atomic E-state index is 12.7. The molecule has 0 aliphatic carbocycles. The van der Waals surface area contributed by atoms with Crippen molar-refractivity contribution >= 4 is 5.69 Å². The quantitative estimate of drug-likeness (QED) is 0.785. The lowest BCUT2D eigenvalue weighted by atomic mass is 10.1. The summed E-state index contributed by atoms with van der Waals surface area (Å²) in [4.78, 5) is 3.90. The second-order valence-electron chi connectivity index (χ2n) is 4.76. The zero-order valence-electron chi connectivity index (χ0n) is 11.2. The maximum Gasteiger partial charge on any atom is 0.417 e. The minimum absolute atomic E-state index is 0.351. The summed E-state index contributed by atoms with van der Waals surface area (Å²) in [5.74, 6) is 0. The average molecular weight is 294 g/mol. The maximum absolute atomic E-state index is 12.7. The summed E-state index contributed by atoms with van der Waals surface area (Å²) in [5, 5.41) is 17.5. The van der Waals surface area contributed by atoms with E-state index in [1.54, 1.807) is 6.07 Å². The third-order valence-electron chi connectivity index (χ3n) is 3.46. The fraction of sp³-hybridized carbons (Fsp3) is 0.429. The molecule has 7 heteroatoms. The zero-order valence-corrected chi connectivity index (χ0v) is 11.2. The Morgan fingerprint density at radius 3 is 2.29 bits per heavy atom. The summed E-state index contributed by atoms with van der Waals surface area (Å²) in [5.41, 5.74) is -0.660. The van der Waals surface area contributed by atoms with Crippen molar-refractivity contribution in [2.75, 3.05) is 37.6 Å². The van der Waals surface area contributed by atoms with Gasteiger partial charge in [0.05, 0.1) is 29.8 Å². The number of alkyl halides is 3. The van der Waals surface area contributed by atoms with Crippen molar-refractivity contribution in [1.29, 1.82) is 10.5 Å². The second kappa shape index (κ2) is 6.02. The molecule has 110 valence electrons. The molecule has 0 atom stereocenters. The minimum Gasteiger partial charge on any atom is -0.369 e. The fourth-order valence-corrected chi connectivity index (χ4v) is 2.33. The molecule has 1 fully saturated rings. The second-order valence-corrected chi connectivity index (χ2v) is 4.76. The van der Waals surface area contributed by atoms with Crippen molar-refractivity contribution in [3.8, 4) is 12.1 Å². The third-order valence-corrected chi connectivity index (χ3v) is 3.46. The summed E-state index contributed by atoms with van der Waals surface area (Å²) in [6, 6.07) is 7.31. The van der Waals surface area contributed by atoms with Crippen LogP contribution >= 0.6 is 0 Å². The average Bonchev–Trinajstić information content (AvgIpc) is 2.47. The molecule has 1 saturated heterocycles. The molecule has 1 heterocycles. The molecule has 0 unspecified atom stereocenters. The molecule has 21 heavy (non-hydrogen) atoms. The van der Waals surface area contributed by atoms with Crippen molar-refractivity contribution < 1.29 is 13.2 Å². The van der Waals surface area contributed by atoms with Crippen LogP contribution in [0.25, 0.3) is 0 Å². The molecule has 0 spiro atoms. The normalized spacial score (nSPS) is 16.3. The minimum atomic E-state index is -4.52. The van der Waals surface area contributed by atoms with E-state index in [0.29, 0.717) is 38.4 Å². The Hall–Kier alpha value is -2.25. The van der Waals surface area contributed by atoms with Crippen LogP contribution in [0.2, 0.25) is 0 Å². The van der Waals surface area contributed by atoms with Crippen LogP contribution in [0.3, 0.4) is 0 Å². The molecule has 1 aromatic carbocycles. The van der Waals surface area contributed by atoms with Gasteiger partial charge >= 0.3 is 6.18 Å². The number of hydrogen-bond acceptors (Lipinski definition) is 4. The van der Waals surface area contributed by atoms with Crippen LogP contribution in [0.4, 0.5) is 18.9 Å². The van der Waals surface area contributed by atoms with Crippen LogP contribution in [0.15, 0.2) is 18.2 Å². The first-order chi connectivity index (χ1) is 9.95. The molecule has 0 bridgehead atoms. The molecule has 2 rings (SSSR count). The first kappa shape index (κ1) is 15.1. The molecule has 4 nitrogen and oxygen atoms in total. The zero-order chi connectivity index (χ0) is 15.5. The lowest BCUT2D eigenvalue weighted by Crippen LogP contribution is -2.46. The molecular formula is C14H13F3N4. The van der Waals surface area contributed by atoms with Crippen molar-refractivity contribution in [1.82, 2.24) is 4.90 Å². The van der Waals surface area contributed by atoms with Gasteiger partial charge in [0.15, 0.2) is 0 Å². The molecule has 1 aliphatic rings. The standard InChI is InChI=1S/C14H13F3N4/c15-14(16,17)13-2-1-12(9-11(13)10-19)21-7-5-20(4-3-18)6-8-21/h1-2,9H,4-8H2. The van der Waals surface area contributed by atoms with E-state index in [0.717, 1.165) is 6.07 Å². The van der Waals surface area contributed by atoms with Crippen molar-refractivity contribution in [3.63, 3.8) is 0 Å². The molecular weight excluding hydrogens is 281 g/mol. The van der Waals surface area contributed by atoms with Gasteiger partial charge in [-0.1, -0.05) is 0 Å². The Morgan fingerprint density at radius 2 is 1.76 bits per heavy atom. The lowest BCUT2D eigenvalue weighted by Gasteiger charge is -2.35. The van der Waals surface area contributed by atoms with Crippen LogP contribution in [0.5, 0.6) is 0 Å². The van der Waals surface area contributed by atoms with Gasteiger partial charge in [0.1, 0.15) is 0 Å². The summed E-state index contributed by atoms with van der Waals surface area (Å²) in [6.45, 7) is 2.95. The Bertz CT molecular complexity index is 590. The van der Waals surface area contributed by atoms with Gasteiger partial charge in [0, 0.05) is 31.9 Å². The van der Waals surface area contributed by atoms with E-state index >= 15 is 0 Å². The van der Waals surface area contributed by atoms with Gasteiger partial charge < -0.3 is 4.90 Å². The van der Waals surface area contributed by atoms with Gasteiger partial charge in [-0.3, -0.25) is 4.90 Å². The number of benzene rings is 1. The van der Waals surface area contributed by atoms with Crippen molar-refractivity contribution in [2.45, 2.75) is 6.18 Å². The highest BCUT2D eigenvalue weighted by Gasteiger charge is 2.33. The van der Waals surface area contributed by atoms with Crippen molar-refractivity contribution in [2.24, 2.45) is 0 Å². The highest BCUT2D eigenvalue weighted by atomic mass is 19.4. The Morgan fingerprint density at radius 1 is 1.10 bits per heavy atom. The number of anilines is 1. The monoisotopic (exact) mass is 294 g/mol. The molecule has 0 aromatic heterocycles. The summed E-state index contributed by atoms with van der Waals surface area (Å²) >= 11 is 0. The largest absolute Gasteiger partial charge is 0.417 e. The van der Waals surface area contributed by atoms with Gasteiger partial charge in [-0.05, 0) is 18.2 Å². The van der Waals surface area contributed by atoms with Crippen LogP contribution in [0.1, 0.15) is 11.1 Å². The van der Waals surface area contributed by atoms with E-state index < -0.39 is 11.7 Å². The van der Waals surface area contributed by atoms with E-state index in [2.05, 4.69) is 6.07 Å². The van der Waals surface area contributed by atoms with Crippen LogP contribution < -0.4 is 4.90 Å². The molecule has 0 amide bonds. The van der Waals surface area contributed by atoms with Crippen LogP contribution in [-0.2, 0) is 6.18 Å². The first-order valence-corrected chi connectivity index (χ1v) is 6.41. The van der Waals surface area contributed by atoms with E-state index in [4.69, 9.17) is 10.5 Å². The third kappa shape index (κ3) is 3.45. The number of halogens is 3. The highest BCUT2D eigenvalue weighted by molar-refractivity contribution is 5.55. The van der Waals surface area contributed by atoms with Crippen LogP contribution in [0, 0.1) is 22.7 Å². The molecule has 0 N–H and O–H groups in total. The number of nitrogens with zero attached hydrogens (tertiary/aromatic N) is 4. The Balaban J connectivity index is 2.16. The summed E-state index contributed by atoms with van der Waals surface area (Å²) in [7, 11) is 0. The number of rotatable bonds is 2. The summed E-state index contributed by atoms with van der Waals surface area (Å²) in [6.07, 6.45) is -4.52. The molecule has 1 aromatic rings. The van der Waals surface area contributed by atoms with Gasteiger partial charge in [0.25, 0.3) is 0 Å². The molecule has 0 saturated carbocycles. The van der Waals surface area contributed by atoms with E-state index in [1.165, 1.54) is 12.1 Å². The smallest absolute Gasteiger partial charge is 0.369 e.